The quantitative estimate of drug-likeness (QED) is 0.657. The number of nitrogens with zero attached hydrogens (tertiary/aromatic N) is 3. The Morgan fingerprint density at radius 3 is 2.52 bits per heavy atom. The molecular formula is C22H21N3OS. The second kappa shape index (κ2) is 7.59. The molecule has 27 heavy (non-hydrogen) atoms. The molecule has 3 aromatic rings. The summed E-state index contributed by atoms with van der Waals surface area (Å²) in [6, 6.07) is 21.5. The molecule has 0 atom stereocenters. The average Bonchev–Trinajstić information content (AvgIpc) is 3.15. The number of nitriles is 1. The summed E-state index contributed by atoms with van der Waals surface area (Å²) >= 11 is 1.72. The van der Waals surface area contributed by atoms with Crippen LogP contribution in [0.3, 0.4) is 0 Å². The molecule has 136 valence electrons. The monoisotopic (exact) mass is 375 g/mol. The topological polar surface area (TPSA) is 50.8 Å². The van der Waals surface area contributed by atoms with Gasteiger partial charge in [0.2, 0.25) is 0 Å². The molecule has 1 saturated heterocycles. The zero-order valence-electron chi connectivity index (χ0n) is 15.3. The van der Waals surface area contributed by atoms with Crippen molar-refractivity contribution in [1.29, 1.82) is 5.26 Å². The van der Waals surface area contributed by atoms with Gasteiger partial charge in [0.15, 0.2) is 0 Å². The standard InChI is InChI=1S/C22H21N3OS/c1-25-21(9-12-24-25)17-5-7-19(8-6-17)27-20-4-2-3-18(15-20)22(16-23)10-13-26-14-11-22/h2-9,12,15H,10-11,13-14H2,1H3. The lowest BCUT2D eigenvalue weighted by Gasteiger charge is -2.31. The molecule has 1 aliphatic rings. The van der Waals surface area contributed by atoms with Gasteiger partial charge in [0.25, 0.3) is 0 Å². The van der Waals surface area contributed by atoms with Gasteiger partial charge in [-0.05, 0) is 54.3 Å². The van der Waals surface area contributed by atoms with E-state index in [0.717, 1.165) is 34.6 Å². The first-order valence-electron chi connectivity index (χ1n) is 9.06. The molecule has 0 bridgehead atoms. The second-order valence-electron chi connectivity index (χ2n) is 6.80. The van der Waals surface area contributed by atoms with Gasteiger partial charge in [-0.15, -0.1) is 0 Å². The van der Waals surface area contributed by atoms with Crippen molar-refractivity contribution >= 4 is 11.8 Å². The van der Waals surface area contributed by atoms with Gasteiger partial charge in [-0.2, -0.15) is 10.4 Å². The molecule has 0 radical (unpaired) electrons. The summed E-state index contributed by atoms with van der Waals surface area (Å²) in [6.07, 6.45) is 3.33. The van der Waals surface area contributed by atoms with Crippen LogP contribution in [0.25, 0.3) is 11.3 Å². The maximum absolute atomic E-state index is 9.80. The van der Waals surface area contributed by atoms with E-state index in [0.29, 0.717) is 13.2 Å². The summed E-state index contributed by atoms with van der Waals surface area (Å²) in [5.41, 5.74) is 2.94. The van der Waals surface area contributed by atoms with Crippen LogP contribution in [0.2, 0.25) is 0 Å². The van der Waals surface area contributed by atoms with E-state index in [-0.39, 0.29) is 0 Å². The zero-order valence-corrected chi connectivity index (χ0v) is 16.1. The molecular weight excluding hydrogens is 354 g/mol. The van der Waals surface area contributed by atoms with E-state index in [2.05, 4.69) is 59.7 Å². The number of rotatable bonds is 4. The van der Waals surface area contributed by atoms with Crippen molar-refractivity contribution in [1.82, 2.24) is 9.78 Å². The summed E-state index contributed by atoms with van der Waals surface area (Å²) < 4.78 is 7.34. The molecule has 4 nitrogen and oxygen atoms in total. The van der Waals surface area contributed by atoms with E-state index < -0.39 is 5.41 Å². The molecule has 5 heteroatoms. The van der Waals surface area contributed by atoms with Crippen molar-refractivity contribution in [3.8, 4) is 17.3 Å². The van der Waals surface area contributed by atoms with Crippen LogP contribution in [-0.2, 0) is 17.2 Å². The minimum absolute atomic E-state index is 0.418. The third-order valence-corrected chi connectivity index (χ3v) is 6.15. The van der Waals surface area contributed by atoms with Gasteiger partial charge in [0, 0.05) is 36.2 Å². The van der Waals surface area contributed by atoms with Gasteiger partial charge in [0.05, 0.1) is 17.2 Å². The zero-order chi connectivity index (χ0) is 18.7. The van der Waals surface area contributed by atoms with Crippen LogP contribution in [-0.4, -0.2) is 23.0 Å². The molecule has 1 aromatic heterocycles. The minimum atomic E-state index is -0.418. The Morgan fingerprint density at radius 2 is 1.85 bits per heavy atom. The van der Waals surface area contributed by atoms with Gasteiger partial charge < -0.3 is 4.74 Å². The highest BCUT2D eigenvalue weighted by Gasteiger charge is 2.34. The predicted molar refractivity (Wildman–Crippen MR) is 107 cm³/mol. The first-order chi connectivity index (χ1) is 13.2. The maximum atomic E-state index is 9.80. The summed E-state index contributed by atoms with van der Waals surface area (Å²) in [5, 5.41) is 14.0. The first-order valence-corrected chi connectivity index (χ1v) is 9.88. The van der Waals surface area contributed by atoms with E-state index >= 15 is 0 Å². The van der Waals surface area contributed by atoms with Crippen LogP contribution in [0.1, 0.15) is 18.4 Å². The molecule has 2 aromatic carbocycles. The van der Waals surface area contributed by atoms with Crippen molar-refractivity contribution in [3.05, 3.63) is 66.4 Å². The van der Waals surface area contributed by atoms with E-state index in [1.165, 1.54) is 4.90 Å². The first kappa shape index (κ1) is 17.8. The Bertz CT molecular complexity index is 966. The van der Waals surface area contributed by atoms with E-state index in [9.17, 15) is 5.26 Å². The normalized spacial score (nSPS) is 16.0. The summed E-state index contributed by atoms with van der Waals surface area (Å²) in [4.78, 5) is 2.33. The number of aryl methyl sites for hydroxylation is 1. The van der Waals surface area contributed by atoms with Gasteiger partial charge in [0.1, 0.15) is 0 Å². The van der Waals surface area contributed by atoms with Crippen molar-refractivity contribution < 1.29 is 4.74 Å². The SMILES string of the molecule is Cn1nccc1-c1ccc(Sc2cccc(C3(C#N)CCOCC3)c2)cc1. The third kappa shape index (κ3) is 3.64. The number of hydrogen-bond acceptors (Lipinski definition) is 4. The van der Waals surface area contributed by atoms with Gasteiger partial charge in [-0.1, -0.05) is 36.0 Å². The van der Waals surface area contributed by atoms with Crippen LogP contribution in [0, 0.1) is 11.3 Å². The lowest BCUT2D eigenvalue weighted by molar-refractivity contribution is 0.0675. The van der Waals surface area contributed by atoms with Gasteiger partial charge >= 0.3 is 0 Å². The van der Waals surface area contributed by atoms with E-state index in [4.69, 9.17) is 4.74 Å². The Kier molecular flexibility index (Phi) is 5.02. The lowest BCUT2D eigenvalue weighted by atomic mass is 9.75. The Morgan fingerprint density at radius 1 is 1.07 bits per heavy atom. The fraction of sp³-hybridized carbons (Fsp3) is 0.273. The summed E-state index contributed by atoms with van der Waals surface area (Å²) in [7, 11) is 1.95. The molecule has 2 heterocycles. The van der Waals surface area contributed by atoms with Crippen molar-refractivity contribution in [2.45, 2.75) is 28.0 Å². The molecule has 0 N–H and O–H groups in total. The Balaban J connectivity index is 1.55. The van der Waals surface area contributed by atoms with Crippen LogP contribution < -0.4 is 0 Å². The molecule has 0 unspecified atom stereocenters. The van der Waals surface area contributed by atoms with Crippen molar-refractivity contribution in [2.75, 3.05) is 13.2 Å². The third-order valence-electron chi connectivity index (χ3n) is 5.15. The molecule has 0 amide bonds. The van der Waals surface area contributed by atoms with E-state index in [1.807, 2.05) is 24.0 Å². The number of benzene rings is 2. The molecule has 1 aliphatic heterocycles. The lowest BCUT2D eigenvalue weighted by Crippen LogP contribution is -2.32. The van der Waals surface area contributed by atoms with Crippen LogP contribution in [0.4, 0.5) is 0 Å². The highest BCUT2D eigenvalue weighted by Crippen LogP contribution is 2.37. The highest BCUT2D eigenvalue weighted by atomic mass is 32.2. The minimum Gasteiger partial charge on any atom is -0.381 e. The Hall–Kier alpha value is -2.55. The number of aromatic nitrogens is 2. The van der Waals surface area contributed by atoms with Gasteiger partial charge in [-0.3, -0.25) is 4.68 Å². The smallest absolute Gasteiger partial charge is 0.0866 e. The van der Waals surface area contributed by atoms with Crippen LogP contribution in [0.15, 0.2) is 70.6 Å². The van der Waals surface area contributed by atoms with Crippen LogP contribution >= 0.6 is 11.8 Å². The van der Waals surface area contributed by atoms with Crippen molar-refractivity contribution in [3.63, 3.8) is 0 Å². The fourth-order valence-corrected chi connectivity index (χ4v) is 4.41. The molecule has 0 spiro atoms. The van der Waals surface area contributed by atoms with Crippen molar-refractivity contribution in [2.24, 2.45) is 7.05 Å². The number of ether oxygens (including phenoxy) is 1. The Labute approximate surface area is 163 Å². The predicted octanol–water partition coefficient (Wildman–Crippen LogP) is 4.81. The summed E-state index contributed by atoms with van der Waals surface area (Å²) in [5.74, 6) is 0. The van der Waals surface area contributed by atoms with E-state index in [1.54, 1.807) is 11.8 Å². The molecule has 0 aliphatic carbocycles. The van der Waals surface area contributed by atoms with Crippen LogP contribution in [0.5, 0.6) is 0 Å². The summed E-state index contributed by atoms with van der Waals surface area (Å²) in [6.45, 7) is 1.31. The fourth-order valence-electron chi connectivity index (χ4n) is 3.53. The molecule has 4 rings (SSSR count). The largest absolute Gasteiger partial charge is 0.381 e. The second-order valence-corrected chi connectivity index (χ2v) is 7.95. The number of hydrogen-bond donors (Lipinski definition) is 0. The maximum Gasteiger partial charge on any atom is 0.0866 e. The highest BCUT2D eigenvalue weighted by molar-refractivity contribution is 7.99. The molecule has 1 fully saturated rings. The molecule has 0 saturated carbocycles. The van der Waals surface area contributed by atoms with Gasteiger partial charge in [-0.25, -0.2) is 0 Å². The average molecular weight is 375 g/mol.